The van der Waals surface area contributed by atoms with Crippen molar-refractivity contribution in [2.24, 2.45) is 0 Å². The predicted octanol–water partition coefficient (Wildman–Crippen LogP) is 3.57. The predicted molar refractivity (Wildman–Crippen MR) is 78.0 cm³/mol. The van der Waals surface area contributed by atoms with E-state index >= 15 is 0 Å². The number of H-pyrrole nitrogens is 1. The van der Waals surface area contributed by atoms with Crippen molar-refractivity contribution >= 4 is 0 Å². The maximum atomic E-state index is 12.2. The Hall–Kier alpha value is -2.84. The van der Waals surface area contributed by atoms with Crippen LogP contribution in [-0.2, 0) is 0 Å². The number of rotatable bonds is 4. The van der Waals surface area contributed by atoms with Crippen LogP contribution in [0.15, 0.2) is 36.8 Å². The van der Waals surface area contributed by atoms with Crippen LogP contribution in [0.4, 0.5) is 13.2 Å². The molecule has 0 bridgehead atoms. The monoisotopic (exact) mass is 335 g/mol. The van der Waals surface area contributed by atoms with Crippen LogP contribution in [0.5, 0.6) is 5.75 Å². The summed E-state index contributed by atoms with van der Waals surface area (Å²) in [6.45, 7) is 0. The molecular weight excluding hydrogens is 323 g/mol. The number of halogens is 3. The van der Waals surface area contributed by atoms with Gasteiger partial charge in [-0.25, -0.2) is 9.97 Å². The fourth-order valence-electron chi connectivity index (χ4n) is 2.49. The van der Waals surface area contributed by atoms with Crippen LogP contribution < -0.4 is 4.74 Å². The van der Waals surface area contributed by atoms with Gasteiger partial charge in [0.25, 0.3) is 0 Å². The summed E-state index contributed by atoms with van der Waals surface area (Å²) in [5.74, 6) is 0.973. The number of imidazole rings is 1. The molecule has 0 aliphatic heterocycles. The molecule has 1 saturated carbocycles. The molecular formula is C15H12F3N5O. The molecule has 1 fully saturated rings. The number of alkyl halides is 3. The minimum absolute atomic E-state index is 0.258. The van der Waals surface area contributed by atoms with Gasteiger partial charge in [-0.15, -0.1) is 13.2 Å². The molecule has 3 aromatic rings. The van der Waals surface area contributed by atoms with Gasteiger partial charge < -0.3 is 9.30 Å². The second kappa shape index (κ2) is 5.36. The zero-order valence-electron chi connectivity index (χ0n) is 12.3. The Morgan fingerprint density at radius 1 is 1.17 bits per heavy atom. The SMILES string of the molecule is FC(F)(F)Oc1ccc(-c2nc(-c3ncn[nH]3)cn2C2CC2)cc1. The fraction of sp³-hybridized carbons (Fsp3) is 0.267. The fourth-order valence-corrected chi connectivity index (χ4v) is 2.49. The standard InChI is InChI=1S/C15H12F3N5O/c16-15(17,18)24-11-5-1-9(2-6-11)14-21-12(13-19-8-20-22-13)7-23(14)10-3-4-10/h1-2,5-8,10H,3-4H2,(H,19,20,22). The topological polar surface area (TPSA) is 68.6 Å². The van der Waals surface area contributed by atoms with Crippen LogP contribution in [0.25, 0.3) is 22.9 Å². The van der Waals surface area contributed by atoms with Crippen molar-refractivity contribution in [3.8, 4) is 28.7 Å². The molecule has 6 nitrogen and oxygen atoms in total. The highest BCUT2D eigenvalue weighted by molar-refractivity contribution is 5.62. The summed E-state index contributed by atoms with van der Waals surface area (Å²) in [4.78, 5) is 8.64. The van der Waals surface area contributed by atoms with E-state index in [9.17, 15) is 13.2 Å². The molecule has 9 heteroatoms. The van der Waals surface area contributed by atoms with Crippen LogP contribution in [0.2, 0.25) is 0 Å². The van der Waals surface area contributed by atoms with E-state index in [2.05, 4.69) is 24.9 Å². The molecule has 0 radical (unpaired) electrons. The molecule has 2 heterocycles. The van der Waals surface area contributed by atoms with Crippen molar-refractivity contribution in [1.82, 2.24) is 24.7 Å². The third-order valence-corrected chi connectivity index (χ3v) is 3.68. The summed E-state index contributed by atoms with van der Waals surface area (Å²) in [6.07, 6.45) is 0.679. The lowest BCUT2D eigenvalue weighted by Gasteiger charge is -2.10. The highest BCUT2D eigenvalue weighted by atomic mass is 19.4. The van der Waals surface area contributed by atoms with Crippen molar-refractivity contribution < 1.29 is 17.9 Å². The van der Waals surface area contributed by atoms with Gasteiger partial charge in [0, 0.05) is 17.8 Å². The van der Waals surface area contributed by atoms with Gasteiger partial charge in [0.05, 0.1) is 0 Å². The molecule has 1 aliphatic carbocycles. The molecule has 1 aliphatic rings. The number of benzene rings is 1. The summed E-state index contributed by atoms with van der Waals surface area (Å²) < 4.78 is 42.7. The van der Waals surface area contributed by atoms with Gasteiger partial charge in [-0.05, 0) is 37.1 Å². The van der Waals surface area contributed by atoms with Crippen LogP contribution >= 0.6 is 0 Å². The Morgan fingerprint density at radius 3 is 2.50 bits per heavy atom. The van der Waals surface area contributed by atoms with Crippen molar-refractivity contribution in [3.05, 3.63) is 36.8 Å². The lowest BCUT2D eigenvalue weighted by Crippen LogP contribution is -2.16. The molecule has 1 N–H and O–H groups in total. The van der Waals surface area contributed by atoms with Crippen LogP contribution in [0.1, 0.15) is 18.9 Å². The number of aromatic nitrogens is 5. The lowest BCUT2D eigenvalue weighted by atomic mass is 10.2. The number of hydrogen-bond donors (Lipinski definition) is 1. The summed E-state index contributed by atoms with van der Waals surface area (Å²) in [5, 5.41) is 6.57. The Labute approximate surface area is 134 Å². The Morgan fingerprint density at radius 2 is 1.92 bits per heavy atom. The first-order valence-corrected chi connectivity index (χ1v) is 7.30. The largest absolute Gasteiger partial charge is 0.573 e. The number of ether oxygens (including phenoxy) is 1. The molecule has 0 amide bonds. The molecule has 0 unspecified atom stereocenters. The zero-order valence-corrected chi connectivity index (χ0v) is 12.3. The first-order chi connectivity index (χ1) is 11.5. The second-order valence-corrected chi connectivity index (χ2v) is 5.49. The number of nitrogens with zero attached hydrogens (tertiary/aromatic N) is 4. The van der Waals surface area contributed by atoms with Crippen molar-refractivity contribution in [2.75, 3.05) is 0 Å². The van der Waals surface area contributed by atoms with Gasteiger partial charge in [-0.2, -0.15) is 5.10 Å². The lowest BCUT2D eigenvalue weighted by molar-refractivity contribution is -0.274. The molecule has 24 heavy (non-hydrogen) atoms. The number of nitrogens with one attached hydrogen (secondary N) is 1. The molecule has 1 aromatic carbocycles. The number of hydrogen-bond acceptors (Lipinski definition) is 4. The summed E-state index contributed by atoms with van der Waals surface area (Å²) >= 11 is 0. The van der Waals surface area contributed by atoms with Gasteiger partial charge in [0.1, 0.15) is 23.6 Å². The van der Waals surface area contributed by atoms with Gasteiger partial charge in [0.15, 0.2) is 5.82 Å². The first kappa shape index (κ1) is 14.7. The van der Waals surface area contributed by atoms with Gasteiger partial charge in [-0.3, -0.25) is 5.10 Å². The van der Waals surface area contributed by atoms with E-state index in [1.54, 1.807) is 12.1 Å². The summed E-state index contributed by atoms with van der Waals surface area (Å²) in [5.41, 5.74) is 1.35. The Balaban J connectivity index is 1.68. The second-order valence-electron chi connectivity index (χ2n) is 5.49. The molecule has 0 saturated heterocycles. The summed E-state index contributed by atoms with van der Waals surface area (Å²) in [6, 6.07) is 6.04. The third-order valence-electron chi connectivity index (χ3n) is 3.68. The maximum absolute atomic E-state index is 12.2. The van der Waals surface area contributed by atoms with E-state index in [1.807, 2.05) is 10.8 Å². The van der Waals surface area contributed by atoms with E-state index in [0.717, 1.165) is 12.8 Å². The van der Waals surface area contributed by atoms with E-state index < -0.39 is 6.36 Å². The number of aromatic amines is 1. The normalized spacial score (nSPS) is 14.8. The summed E-state index contributed by atoms with van der Waals surface area (Å²) in [7, 11) is 0. The third kappa shape index (κ3) is 2.97. The van der Waals surface area contributed by atoms with E-state index in [1.165, 1.54) is 18.5 Å². The van der Waals surface area contributed by atoms with Gasteiger partial charge in [-0.1, -0.05) is 0 Å². The smallest absolute Gasteiger partial charge is 0.406 e. The van der Waals surface area contributed by atoms with E-state index in [4.69, 9.17) is 0 Å². The highest BCUT2D eigenvalue weighted by Gasteiger charge is 2.31. The van der Waals surface area contributed by atoms with Crippen LogP contribution in [-0.4, -0.2) is 31.1 Å². The zero-order chi connectivity index (χ0) is 16.7. The minimum atomic E-state index is -4.70. The highest BCUT2D eigenvalue weighted by Crippen LogP contribution is 2.39. The molecule has 2 aromatic heterocycles. The molecule has 0 atom stereocenters. The van der Waals surface area contributed by atoms with Crippen molar-refractivity contribution in [3.63, 3.8) is 0 Å². The Kier molecular flexibility index (Phi) is 3.29. The first-order valence-electron chi connectivity index (χ1n) is 7.30. The quantitative estimate of drug-likeness (QED) is 0.791. The van der Waals surface area contributed by atoms with Crippen molar-refractivity contribution in [1.29, 1.82) is 0 Å². The van der Waals surface area contributed by atoms with Gasteiger partial charge in [0.2, 0.25) is 0 Å². The average Bonchev–Trinajstić information content (AvgIpc) is 3.06. The Bertz CT molecular complexity index is 835. The van der Waals surface area contributed by atoms with Crippen LogP contribution in [0, 0.1) is 0 Å². The molecule has 0 spiro atoms. The van der Waals surface area contributed by atoms with Crippen LogP contribution in [0.3, 0.4) is 0 Å². The average molecular weight is 335 g/mol. The maximum Gasteiger partial charge on any atom is 0.573 e. The molecule has 124 valence electrons. The van der Waals surface area contributed by atoms with E-state index in [0.29, 0.717) is 28.9 Å². The minimum Gasteiger partial charge on any atom is -0.406 e. The molecule has 4 rings (SSSR count). The van der Waals surface area contributed by atoms with Gasteiger partial charge >= 0.3 is 6.36 Å². The van der Waals surface area contributed by atoms with Crippen molar-refractivity contribution in [2.45, 2.75) is 25.2 Å². The van der Waals surface area contributed by atoms with E-state index in [-0.39, 0.29) is 5.75 Å².